The Balaban J connectivity index is 1.40. The molecule has 40 heavy (non-hydrogen) atoms. The van der Waals surface area contributed by atoms with E-state index in [9.17, 15) is 9.59 Å². The van der Waals surface area contributed by atoms with Crippen molar-refractivity contribution >= 4 is 11.8 Å². The molecule has 1 aliphatic heterocycles. The first-order chi connectivity index (χ1) is 19.3. The Morgan fingerprint density at radius 3 is 1.95 bits per heavy atom. The molecule has 0 aromatic carbocycles. The van der Waals surface area contributed by atoms with Crippen molar-refractivity contribution in [1.82, 2.24) is 9.80 Å². The number of likely N-dealkylation sites (tertiary alicyclic amines) is 1. The van der Waals surface area contributed by atoms with E-state index in [4.69, 9.17) is 0 Å². The van der Waals surface area contributed by atoms with Crippen LogP contribution in [0.15, 0.2) is 0 Å². The predicted octanol–water partition coefficient (Wildman–Crippen LogP) is 9.02. The molecule has 1 heterocycles. The molecule has 0 spiro atoms. The number of hydrogen-bond acceptors (Lipinski definition) is 2. The highest BCUT2D eigenvalue weighted by molar-refractivity contribution is 5.80. The summed E-state index contributed by atoms with van der Waals surface area (Å²) in [7, 11) is 2.06. The second-order valence-electron chi connectivity index (χ2n) is 15.0. The van der Waals surface area contributed by atoms with Gasteiger partial charge < -0.3 is 9.80 Å². The SMILES string of the molecule is CCCCCCCCN(CCCCCCCC)C(=O)C1CCC2C3CCC4N(C)C(=O)CCC4(C)C3CCC12C. The fraction of sp³-hybridized carbons (Fsp3) is 0.944. The molecule has 1 saturated heterocycles. The number of nitrogens with zero attached hydrogens (tertiary/aromatic N) is 2. The summed E-state index contributed by atoms with van der Waals surface area (Å²) in [6.07, 6.45) is 24.5. The van der Waals surface area contributed by atoms with Gasteiger partial charge in [0.05, 0.1) is 0 Å². The van der Waals surface area contributed by atoms with E-state index in [1.807, 2.05) is 0 Å². The van der Waals surface area contributed by atoms with E-state index in [1.54, 1.807) is 0 Å². The largest absolute Gasteiger partial charge is 0.342 e. The third-order valence-electron chi connectivity index (χ3n) is 12.7. The van der Waals surface area contributed by atoms with Crippen LogP contribution >= 0.6 is 0 Å². The fourth-order valence-electron chi connectivity index (χ4n) is 10.3. The number of fused-ring (bicyclic) bond motifs is 5. The first-order valence-electron chi connectivity index (χ1n) is 17.8. The quantitative estimate of drug-likeness (QED) is 0.189. The third-order valence-corrected chi connectivity index (χ3v) is 12.7. The van der Waals surface area contributed by atoms with Crippen molar-refractivity contribution in [2.24, 2.45) is 34.5 Å². The summed E-state index contributed by atoms with van der Waals surface area (Å²) in [4.78, 5) is 31.3. The molecule has 0 N–H and O–H groups in total. The average molecular weight is 557 g/mol. The van der Waals surface area contributed by atoms with Gasteiger partial charge in [-0.2, -0.15) is 0 Å². The smallest absolute Gasteiger partial charge is 0.226 e. The van der Waals surface area contributed by atoms with Gasteiger partial charge in [0.2, 0.25) is 11.8 Å². The molecule has 4 aliphatic rings. The van der Waals surface area contributed by atoms with Gasteiger partial charge >= 0.3 is 0 Å². The van der Waals surface area contributed by atoms with Crippen molar-refractivity contribution < 1.29 is 9.59 Å². The lowest BCUT2D eigenvalue weighted by molar-refractivity contribution is -0.161. The van der Waals surface area contributed by atoms with Crippen LogP contribution in [0.2, 0.25) is 0 Å². The number of rotatable bonds is 15. The van der Waals surface area contributed by atoms with Gasteiger partial charge in [-0.25, -0.2) is 0 Å². The van der Waals surface area contributed by atoms with Gasteiger partial charge in [0.1, 0.15) is 0 Å². The van der Waals surface area contributed by atoms with E-state index in [2.05, 4.69) is 44.5 Å². The van der Waals surface area contributed by atoms with Gasteiger partial charge in [-0.05, 0) is 86.4 Å². The van der Waals surface area contributed by atoms with Gasteiger partial charge in [-0.3, -0.25) is 9.59 Å². The maximum absolute atomic E-state index is 14.4. The Hall–Kier alpha value is -1.06. The number of piperidine rings is 1. The highest BCUT2D eigenvalue weighted by Crippen LogP contribution is 2.66. The van der Waals surface area contributed by atoms with Crippen LogP contribution in [0, 0.1) is 34.5 Å². The molecule has 3 saturated carbocycles. The van der Waals surface area contributed by atoms with Gasteiger partial charge in [-0.15, -0.1) is 0 Å². The van der Waals surface area contributed by atoms with E-state index in [-0.39, 0.29) is 16.7 Å². The van der Waals surface area contributed by atoms with Crippen LogP contribution in [0.3, 0.4) is 0 Å². The normalized spacial score (nSPS) is 35.3. The lowest BCUT2D eigenvalue weighted by Crippen LogP contribution is -2.61. The lowest BCUT2D eigenvalue weighted by Gasteiger charge is -2.61. The van der Waals surface area contributed by atoms with E-state index >= 15 is 0 Å². The van der Waals surface area contributed by atoms with Crippen LogP contribution in [0.5, 0.6) is 0 Å². The molecule has 7 unspecified atom stereocenters. The second-order valence-corrected chi connectivity index (χ2v) is 15.0. The first-order valence-corrected chi connectivity index (χ1v) is 17.8. The number of amides is 2. The van der Waals surface area contributed by atoms with Crippen LogP contribution in [-0.4, -0.2) is 47.8 Å². The number of unbranched alkanes of at least 4 members (excludes halogenated alkanes) is 10. The summed E-state index contributed by atoms with van der Waals surface area (Å²) in [5, 5.41) is 0. The van der Waals surface area contributed by atoms with Crippen molar-refractivity contribution in [3.8, 4) is 0 Å². The summed E-state index contributed by atoms with van der Waals surface area (Å²) in [6, 6.07) is 0.420. The Bertz CT molecular complexity index is 812. The van der Waals surface area contributed by atoms with Crippen LogP contribution in [0.25, 0.3) is 0 Å². The molecule has 4 fully saturated rings. The number of carbonyl (C=O) groups excluding carboxylic acids is 2. The average Bonchev–Trinajstić information content (AvgIpc) is 3.30. The summed E-state index contributed by atoms with van der Waals surface area (Å²) >= 11 is 0. The Kier molecular flexibility index (Phi) is 11.5. The molecular weight excluding hydrogens is 492 g/mol. The van der Waals surface area contributed by atoms with Gasteiger partial charge in [0.25, 0.3) is 0 Å². The topological polar surface area (TPSA) is 40.6 Å². The van der Waals surface area contributed by atoms with Gasteiger partial charge in [0, 0.05) is 38.5 Å². The van der Waals surface area contributed by atoms with Crippen molar-refractivity contribution in [3.63, 3.8) is 0 Å². The van der Waals surface area contributed by atoms with Gasteiger partial charge in [-0.1, -0.05) is 91.9 Å². The van der Waals surface area contributed by atoms with E-state index in [0.717, 1.165) is 50.6 Å². The van der Waals surface area contributed by atoms with E-state index in [1.165, 1.54) is 103 Å². The molecule has 4 heteroatoms. The molecule has 0 radical (unpaired) electrons. The van der Waals surface area contributed by atoms with Crippen molar-refractivity contribution in [2.45, 2.75) is 162 Å². The summed E-state index contributed by atoms with van der Waals surface area (Å²) < 4.78 is 0. The summed E-state index contributed by atoms with van der Waals surface area (Å²) in [6.45, 7) is 11.5. The molecule has 4 nitrogen and oxygen atoms in total. The molecule has 2 amide bonds. The third kappa shape index (κ3) is 6.61. The van der Waals surface area contributed by atoms with Crippen LogP contribution in [0.1, 0.15) is 156 Å². The molecule has 0 aromatic rings. The highest BCUT2D eigenvalue weighted by Gasteiger charge is 2.62. The lowest BCUT2D eigenvalue weighted by atomic mass is 9.47. The minimum Gasteiger partial charge on any atom is -0.342 e. The minimum atomic E-state index is 0.165. The Morgan fingerprint density at radius 2 is 1.32 bits per heavy atom. The predicted molar refractivity (Wildman–Crippen MR) is 167 cm³/mol. The minimum absolute atomic E-state index is 0.165. The van der Waals surface area contributed by atoms with Gasteiger partial charge in [0.15, 0.2) is 0 Å². The maximum atomic E-state index is 14.4. The zero-order valence-electron chi connectivity index (χ0n) is 27.2. The maximum Gasteiger partial charge on any atom is 0.226 e. The molecule has 4 rings (SSSR count). The van der Waals surface area contributed by atoms with Crippen molar-refractivity contribution in [1.29, 1.82) is 0 Å². The molecule has 3 aliphatic carbocycles. The summed E-state index contributed by atoms with van der Waals surface area (Å²) in [5.74, 6) is 3.23. The zero-order chi connectivity index (χ0) is 28.8. The van der Waals surface area contributed by atoms with Crippen LogP contribution in [0.4, 0.5) is 0 Å². The molecule has 7 atom stereocenters. The Labute approximate surface area is 247 Å². The number of hydrogen-bond donors (Lipinski definition) is 0. The summed E-state index contributed by atoms with van der Waals surface area (Å²) in [5.41, 5.74) is 0.426. The van der Waals surface area contributed by atoms with E-state index in [0.29, 0.717) is 23.8 Å². The van der Waals surface area contributed by atoms with Crippen LogP contribution in [-0.2, 0) is 9.59 Å². The second kappa shape index (κ2) is 14.4. The molecule has 0 aromatic heterocycles. The van der Waals surface area contributed by atoms with E-state index < -0.39 is 0 Å². The fourth-order valence-corrected chi connectivity index (χ4v) is 10.3. The molecule has 230 valence electrons. The van der Waals surface area contributed by atoms with Crippen molar-refractivity contribution in [3.05, 3.63) is 0 Å². The first kappa shape index (κ1) is 31.9. The molecule has 0 bridgehead atoms. The Morgan fingerprint density at radius 1 is 0.750 bits per heavy atom. The molecular formula is C36H64N2O2. The monoisotopic (exact) mass is 556 g/mol. The highest BCUT2D eigenvalue weighted by atomic mass is 16.2. The van der Waals surface area contributed by atoms with Crippen molar-refractivity contribution in [2.75, 3.05) is 20.1 Å². The number of carbonyl (C=O) groups is 2. The van der Waals surface area contributed by atoms with Crippen LogP contribution < -0.4 is 0 Å². The standard InChI is InChI=1S/C36H64N2O2/c1-6-8-10-12-14-16-26-38(27-17-15-13-11-9-7-2)34(40)31-20-19-29-28-18-21-32-36(4,25-23-33(39)37(32)5)30(28)22-24-35(29,31)3/h28-32H,6-27H2,1-5H3. The zero-order valence-corrected chi connectivity index (χ0v) is 27.2.